The van der Waals surface area contributed by atoms with Crippen molar-refractivity contribution in [3.63, 3.8) is 0 Å². The molecule has 0 saturated carbocycles. The molecular weight excluding hydrogens is 164 g/mol. The summed E-state index contributed by atoms with van der Waals surface area (Å²) in [5.41, 5.74) is -0.691. The monoisotopic (exact) mass is 173 g/mol. The predicted octanol–water partition coefficient (Wildman–Crippen LogP) is 1.50. The molecular formula is C8H9F2NO. The molecule has 0 aromatic carbocycles. The van der Waals surface area contributed by atoms with Crippen LogP contribution < -0.4 is 5.56 Å². The zero-order valence-corrected chi connectivity index (χ0v) is 6.84. The number of alkyl halides is 2. The summed E-state index contributed by atoms with van der Waals surface area (Å²) in [6, 6.07) is 3.81. The average Bonchev–Trinajstić information content (AvgIpc) is 1.92. The lowest BCUT2D eigenvalue weighted by molar-refractivity contribution is 0.00884. The van der Waals surface area contributed by atoms with E-state index in [4.69, 9.17) is 0 Å². The fourth-order valence-electron chi connectivity index (χ4n) is 1.00. The summed E-state index contributed by atoms with van der Waals surface area (Å²) >= 11 is 0. The van der Waals surface area contributed by atoms with Crippen molar-refractivity contribution in [3.05, 3.63) is 34.2 Å². The Morgan fingerprint density at radius 2 is 2.00 bits per heavy atom. The Kier molecular flexibility index (Phi) is 2.00. The van der Waals surface area contributed by atoms with E-state index in [0.29, 0.717) is 0 Å². The van der Waals surface area contributed by atoms with Gasteiger partial charge in [-0.3, -0.25) is 4.79 Å². The van der Waals surface area contributed by atoms with E-state index < -0.39 is 11.5 Å². The number of rotatable bonds is 1. The number of pyridine rings is 1. The summed E-state index contributed by atoms with van der Waals surface area (Å²) in [5, 5.41) is 0. The van der Waals surface area contributed by atoms with E-state index in [2.05, 4.69) is 0 Å². The molecule has 0 radical (unpaired) electrons. The van der Waals surface area contributed by atoms with Gasteiger partial charge >= 0.3 is 0 Å². The summed E-state index contributed by atoms with van der Waals surface area (Å²) in [6.07, 6.45) is 0. The first kappa shape index (κ1) is 8.90. The highest BCUT2D eigenvalue weighted by Gasteiger charge is 2.26. The second-order valence-corrected chi connectivity index (χ2v) is 2.70. The maximum absolute atomic E-state index is 12.7. The van der Waals surface area contributed by atoms with Crippen LogP contribution >= 0.6 is 0 Å². The van der Waals surface area contributed by atoms with Gasteiger partial charge in [0.1, 0.15) is 0 Å². The normalized spacial score (nSPS) is 11.7. The van der Waals surface area contributed by atoms with Crippen molar-refractivity contribution in [3.8, 4) is 0 Å². The Hall–Kier alpha value is -1.19. The molecule has 4 heteroatoms. The Labute approximate surface area is 68.4 Å². The maximum atomic E-state index is 12.7. The number of hydrogen-bond acceptors (Lipinski definition) is 1. The minimum Gasteiger partial charge on any atom is -0.310 e. The molecule has 0 spiro atoms. The molecule has 0 amide bonds. The van der Waals surface area contributed by atoms with Gasteiger partial charge in [0, 0.05) is 20.0 Å². The number of halogens is 2. The van der Waals surface area contributed by atoms with Gasteiger partial charge in [-0.1, -0.05) is 6.07 Å². The van der Waals surface area contributed by atoms with Crippen LogP contribution in [0.2, 0.25) is 0 Å². The van der Waals surface area contributed by atoms with E-state index in [1.807, 2.05) is 0 Å². The molecule has 12 heavy (non-hydrogen) atoms. The van der Waals surface area contributed by atoms with E-state index in [-0.39, 0.29) is 5.69 Å². The van der Waals surface area contributed by atoms with Crippen LogP contribution in [-0.2, 0) is 13.0 Å². The smallest absolute Gasteiger partial charge is 0.285 e. The topological polar surface area (TPSA) is 22.0 Å². The summed E-state index contributed by atoms with van der Waals surface area (Å²) in [4.78, 5) is 10.9. The van der Waals surface area contributed by atoms with Gasteiger partial charge in [-0.2, -0.15) is 0 Å². The average molecular weight is 173 g/mol. The highest BCUT2D eigenvalue weighted by molar-refractivity contribution is 5.10. The molecule has 0 saturated heterocycles. The lowest BCUT2D eigenvalue weighted by Crippen LogP contribution is -2.24. The van der Waals surface area contributed by atoms with E-state index >= 15 is 0 Å². The minimum absolute atomic E-state index is 0.269. The van der Waals surface area contributed by atoms with Crippen molar-refractivity contribution < 1.29 is 8.78 Å². The fourth-order valence-corrected chi connectivity index (χ4v) is 1.00. The molecule has 1 heterocycles. The standard InChI is InChI=1S/C8H9F2NO/c1-8(9,10)6-4-3-5-7(12)11(6)2/h3-5H,1-2H3. The third-order valence-corrected chi connectivity index (χ3v) is 1.63. The van der Waals surface area contributed by atoms with Gasteiger partial charge in [0.05, 0.1) is 5.69 Å². The van der Waals surface area contributed by atoms with Crippen molar-refractivity contribution in [2.24, 2.45) is 7.05 Å². The van der Waals surface area contributed by atoms with Gasteiger partial charge in [-0.15, -0.1) is 0 Å². The van der Waals surface area contributed by atoms with Crippen LogP contribution in [0.1, 0.15) is 12.6 Å². The molecule has 0 atom stereocenters. The van der Waals surface area contributed by atoms with Crippen LogP contribution in [0.5, 0.6) is 0 Å². The summed E-state index contributed by atoms with van der Waals surface area (Å²) in [7, 11) is 1.33. The van der Waals surface area contributed by atoms with Gasteiger partial charge in [-0.05, 0) is 6.07 Å². The highest BCUT2D eigenvalue weighted by atomic mass is 19.3. The first-order chi connectivity index (χ1) is 5.43. The third kappa shape index (κ3) is 1.52. The van der Waals surface area contributed by atoms with Crippen molar-refractivity contribution in [1.82, 2.24) is 4.57 Å². The zero-order chi connectivity index (χ0) is 9.35. The lowest BCUT2D eigenvalue weighted by Gasteiger charge is -2.13. The molecule has 66 valence electrons. The highest BCUT2D eigenvalue weighted by Crippen LogP contribution is 2.24. The molecule has 1 rings (SSSR count). The Balaban J connectivity index is 3.36. The largest absolute Gasteiger partial charge is 0.310 e. The summed E-state index contributed by atoms with van der Waals surface area (Å²) < 4.78 is 26.4. The van der Waals surface area contributed by atoms with E-state index in [1.54, 1.807) is 0 Å². The molecule has 0 aliphatic heterocycles. The van der Waals surface area contributed by atoms with Gasteiger partial charge in [0.25, 0.3) is 11.5 Å². The number of nitrogens with zero attached hydrogens (tertiary/aromatic N) is 1. The molecule has 0 aliphatic carbocycles. The van der Waals surface area contributed by atoms with Crippen molar-refractivity contribution in [2.75, 3.05) is 0 Å². The molecule has 0 unspecified atom stereocenters. The van der Waals surface area contributed by atoms with Crippen LogP contribution in [0.4, 0.5) is 8.78 Å². The van der Waals surface area contributed by atoms with Gasteiger partial charge in [0.2, 0.25) is 0 Å². The van der Waals surface area contributed by atoms with Gasteiger partial charge in [-0.25, -0.2) is 8.78 Å². The lowest BCUT2D eigenvalue weighted by atomic mass is 10.2. The molecule has 2 nitrogen and oxygen atoms in total. The molecule has 0 bridgehead atoms. The number of aromatic nitrogens is 1. The SMILES string of the molecule is Cn1c(C(C)(F)F)cccc1=O. The zero-order valence-electron chi connectivity index (χ0n) is 6.84. The Morgan fingerprint density at radius 1 is 1.42 bits per heavy atom. The van der Waals surface area contributed by atoms with Crippen LogP contribution in [0.15, 0.2) is 23.0 Å². The molecule has 0 N–H and O–H groups in total. The first-order valence-electron chi connectivity index (χ1n) is 3.47. The second kappa shape index (κ2) is 2.69. The van der Waals surface area contributed by atoms with E-state index in [1.165, 1.54) is 25.2 Å². The molecule has 0 fully saturated rings. The van der Waals surface area contributed by atoms with Crippen molar-refractivity contribution in [1.29, 1.82) is 0 Å². The summed E-state index contributed by atoms with van der Waals surface area (Å²) in [6.45, 7) is 0.766. The first-order valence-corrected chi connectivity index (χ1v) is 3.47. The Bertz CT molecular complexity index is 338. The van der Waals surface area contributed by atoms with Crippen LogP contribution in [0.25, 0.3) is 0 Å². The molecule has 1 aromatic rings. The van der Waals surface area contributed by atoms with Crippen LogP contribution in [-0.4, -0.2) is 4.57 Å². The van der Waals surface area contributed by atoms with Crippen molar-refractivity contribution in [2.45, 2.75) is 12.8 Å². The van der Waals surface area contributed by atoms with Crippen molar-refractivity contribution >= 4 is 0 Å². The fraction of sp³-hybridized carbons (Fsp3) is 0.375. The third-order valence-electron chi connectivity index (χ3n) is 1.63. The quantitative estimate of drug-likeness (QED) is 0.630. The Morgan fingerprint density at radius 3 is 2.42 bits per heavy atom. The van der Waals surface area contributed by atoms with Gasteiger partial charge < -0.3 is 4.57 Å². The number of hydrogen-bond donors (Lipinski definition) is 0. The predicted molar refractivity (Wildman–Crippen MR) is 41.3 cm³/mol. The van der Waals surface area contributed by atoms with E-state index in [9.17, 15) is 13.6 Å². The van der Waals surface area contributed by atoms with Crippen LogP contribution in [0.3, 0.4) is 0 Å². The van der Waals surface area contributed by atoms with Gasteiger partial charge in [0.15, 0.2) is 0 Å². The maximum Gasteiger partial charge on any atom is 0.285 e. The minimum atomic E-state index is -2.96. The van der Waals surface area contributed by atoms with E-state index in [0.717, 1.165) is 11.5 Å². The second-order valence-electron chi connectivity index (χ2n) is 2.70. The molecule has 0 aliphatic rings. The summed E-state index contributed by atoms with van der Waals surface area (Å²) in [5.74, 6) is -2.96. The molecule has 1 aromatic heterocycles. The van der Waals surface area contributed by atoms with Crippen LogP contribution in [0, 0.1) is 0 Å².